The van der Waals surface area contributed by atoms with Crippen LogP contribution in [0.2, 0.25) is 0 Å². The summed E-state index contributed by atoms with van der Waals surface area (Å²) in [5.74, 6) is 0.795. The van der Waals surface area contributed by atoms with Gasteiger partial charge in [0, 0.05) is 33.5 Å². The highest BCUT2D eigenvalue weighted by Gasteiger charge is 2.17. The molecule has 0 atom stereocenters. The molecule has 0 fully saturated rings. The first kappa shape index (κ1) is 17.9. The Labute approximate surface area is 159 Å². The molecule has 3 aromatic rings. The molecule has 25 heavy (non-hydrogen) atoms. The third kappa shape index (κ3) is 3.88. The van der Waals surface area contributed by atoms with E-state index in [-0.39, 0.29) is 11.5 Å². The standard InChI is InChI=1S/C18H18BrN3O2S/c1-4-22-11(2)9-15(12(22)3)16(23)10-25-18-21-20-17(24-18)13-5-7-14(19)8-6-13/h5-9H,4,10H2,1-3H3. The van der Waals surface area contributed by atoms with Crippen LogP contribution in [0.5, 0.6) is 0 Å². The second kappa shape index (κ2) is 7.58. The van der Waals surface area contributed by atoms with Gasteiger partial charge in [-0.05, 0) is 51.1 Å². The van der Waals surface area contributed by atoms with Crippen molar-refractivity contribution < 1.29 is 9.21 Å². The van der Waals surface area contributed by atoms with Crippen molar-refractivity contribution in [1.82, 2.24) is 14.8 Å². The van der Waals surface area contributed by atoms with Crippen LogP contribution in [0.15, 0.2) is 44.4 Å². The van der Waals surface area contributed by atoms with E-state index in [9.17, 15) is 4.79 Å². The maximum absolute atomic E-state index is 12.5. The molecule has 0 saturated heterocycles. The molecule has 7 heteroatoms. The number of aryl methyl sites for hydroxylation is 1. The molecule has 0 N–H and O–H groups in total. The fraction of sp³-hybridized carbons (Fsp3) is 0.278. The van der Waals surface area contributed by atoms with Gasteiger partial charge in [0.25, 0.3) is 5.22 Å². The molecule has 0 radical (unpaired) electrons. The number of aromatic nitrogens is 3. The highest BCUT2D eigenvalue weighted by molar-refractivity contribution is 9.10. The van der Waals surface area contributed by atoms with E-state index in [0.29, 0.717) is 11.1 Å². The van der Waals surface area contributed by atoms with Gasteiger partial charge >= 0.3 is 0 Å². The Morgan fingerprint density at radius 2 is 1.96 bits per heavy atom. The number of ketones is 1. The molecule has 0 amide bonds. The van der Waals surface area contributed by atoms with Crippen molar-refractivity contribution in [2.45, 2.75) is 32.5 Å². The molecular weight excluding hydrogens is 402 g/mol. The van der Waals surface area contributed by atoms with Gasteiger partial charge in [-0.2, -0.15) is 0 Å². The Bertz CT molecular complexity index is 900. The van der Waals surface area contributed by atoms with Gasteiger partial charge in [-0.3, -0.25) is 4.79 Å². The lowest BCUT2D eigenvalue weighted by Crippen LogP contribution is -2.05. The molecule has 2 heterocycles. The zero-order valence-electron chi connectivity index (χ0n) is 14.2. The van der Waals surface area contributed by atoms with Crippen LogP contribution in [0.1, 0.15) is 28.7 Å². The number of rotatable bonds is 6. The number of hydrogen-bond donors (Lipinski definition) is 0. The predicted octanol–water partition coefficient (Wildman–Crippen LogP) is 4.91. The molecule has 130 valence electrons. The minimum atomic E-state index is 0.0705. The number of benzene rings is 1. The van der Waals surface area contributed by atoms with E-state index in [1.54, 1.807) is 0 Å². The molecule has 0 aliphatic carbocycles. The number of carbonyl (C=O) groups excluding carboxylic acids is 1. The van der Waals surface area contributed by atoms with Crippen LogP contribution in [0, 0.1) is 13.8 Å². The number of carbonyl (C=O) groups is 1. The molecule has 0 spiro atoms. The van der Waals surface area contributed by atoms with E-state index in [1.165, 1.54) is 11.8 Å². The summed E-state index contributed by atoms with van der Waals surface area (Å²) in [6, 6.07) is 9.58. The van der Waals surface area contributed by atoms with E-state index in [0.717, 1.165) is 33.5 Å². The lowest BCUT2D eigenvalue weighted by molar-refractivity contribution is 0.102. The predicted molar refractivity (Wildman–Crippen MR) is 102 cm³/mol. The molecule has 3 rings (SSSR count). The minimum Gasteiger partial charge on any atom is -0.411 e. The van der Waals surface area contributed by atoms with Gasteiger partial charge in [0.1, 0.15) is 0 Å². The van der Waals surface area contributed by atoms with Crippen molar-refractivity contribution in [3.63, 3.8) is 0 Å². The Morgan fingerprint density at radius 3 is 2.60 bits per heavy atom. The summed E-state index contributed by atoms with van der Waals surface area (Å²) < 4.78 is 8.77. The molecule has 0 aliphatic rings. The van der Waals surface area contributed by atoms with Crippen LogP contribution < -0.4 is 0 Å². The van der Waals surface area contributed by atoms with Crippen molar-refractivity contribution in [1.29, 1.82) is 0 Å². The van der Waals surface area contributed by atoms with Gasteiger partial charge in [-0.1, -0.05) is 27.7 Å². The third-order valence-corrected chi connectivity index (χ3v) is 5.36. The fourth-order valence-electron chi connectivity index (χ4n) is 2.75. The first-order valence-corrected chi connectivity index (χ1v) is 9.69. The summed E-state index contributed by atoms with van der Waals surface area (Å²) in [5.41, 5.74) is 3.72. The van der Waals surface area contributed by atoms with Crippen molar-refractivity contribution in [2.75, 3.05) is 5.75 Å². The first-order valence-electron chi connectivity index (χ1n) is 7.91. The third-order valence-electron chi connectivity index (χ3n) is 4.01. The lowest BCUT2D eigenvalue weighted by atomic mass is 10.2. The van der Waals surface area contributed by atoms with Crippen molar-refractivity contribution >= 4 is 33.5 Å². The smallest absolute Gasteiger partial charge is 0.277 e. The molecule has 0 unspecified atom stereocenters. The summed E-state index contributed by atoms with van der Waals surface area (Å²) >= 11 is 4.66. The SMILES string of the molecule is CCn1c(C)cc(C(=O)CSc2nnc(-c3ccc(Br)cc3)o2)c1C. The first-order chi connectivity index (χ1) is 12.0. The molecule has 0 aliphatic heterocycles. The second-order valence-electron chi connectivity index (χ2n) is 5.62. The number of Topliss-reactive ketones (excluding diaryl/α,β-unsaturated/α-hetero) is 1. The summed E-state index contributed by atoms with van der Waals surface area (Å²) in [5, 5.41) is 8.47. The summed E-state index contributed by atoms with van der Waals surface area (Å²) in [4.78, 5) is 12.5. The van der Waals surface area contributed by atoms with E-state index < -0.39 is 0 Å². The molecule has 0 bridgehead atoms. The Kier molecular flexibility index (Phi) is 5.44. The molecule has 1 aromatic carbocycles. The number of nitrogens with zero attached hydrogens (tertiary/aromatic N) is 3. The number of thioether (sulfide) groups is 1. The van der Waals surface area contributed by atoms with Crippen molar-refractivity contribution in [3.05, 3.63) is 51.8 Å². The minimum absolute atomic E-state index is 0.0705. The zero-order chi connectivity index (χ0) is 18.0. The van der Waals surface area contributed by atoms with E-state index >= 15 is 0 Å². The van der Waals surface area contributed by atoms with Crippen LogP contribution >= 0.6 is 27.7 Å². The van der Waals surface area contributed by atoms with Crippen LogP contribution in [-0.4, -0.2) is 26.3 Å². The highest BCUT2D eigenvalue weighted by Crippen LogP contribution is 2.25. The number of hydrogen-bond acceptors (Lipinski definition) is 5. The molecule has 0 saturated carbocycles. The van der Waals surface area contributed by atoms with E-state index in [2.05, 4.69) is 37.6 Å². The maximum Gasteiger partial charge on any atom is 0.277 e. The largest absolute Gasteiger partial charge is 0.411 e. The molecule has 2 aromatic heterocycles. The zero-order valence-corrected chi connectivity index (χ0v) is 16.6. The topological polar surface area (TPSA) is 60.9 Å². The van der Waals surface area contributed by atoms with E-state index in [1.807, 2.05) is 44.2 Å². The van der Waals surface area contributed by atoms with Gasteiger partial charge in [0.05, 0.1) is 5.75 Å². The molecule has 5 nitrogen and oxygen atoms in total. The average Bonchev–Trinajstić information content (AvgIpc) is 3.18. The van der Waals surface area contributed by atoms with Gasteiger partial charge in [0.15, 0.2) is 5.78 Å². The maximum atomic E-state index is 12.5. The quantitative estimate of drug-likeness (QED) is 0.419. The van der Waals surface area contributed by atoms with Crippen LogP contribution in [0.3, 0.4) is 0 Å². The van der Waals surface area contributed by atoms with Gasteiger partial charge in [0.2, 0.25) is 5.89 Å². The van der Waals surface area contributed by atoms with E-state index in [4.69, 9.17) is 4.42 Å². The average molecular weight is 420 g/mol. The summed E-state index contributed by atoms with van der Waals surface area (Å²) in [6.45, 7) is 6.93. The number of halogens is 1. The van der Waals surface area contributed by atoms with Crippen LogP contribution in [-0.2, 0) is 6.54 Å². The summed E-state index contributed by atoms with van der Waals surface area (Å²) in [7, 11) is 0. The Hall–Kier alpha value is -1.86. The van der Waals surface area contributed by atoms with Gasteiger partial charge in [-0.25, -0.2) is 0 Å². The van der Waals surface area contributed by atoms with Crippen molar-refractivity contribution in [2.24, 2.45) is 0 Å². The Balaban J connectivity index is 1.68. The second-order valence-corrected chi connectivity index (χ2v) is 7.46. The van der Waals surface area contributed by atoms with Gasteiger partial charge < -0.3 is 8.98 Å². The Morgan fingerprint density at radius 1 is 1.24 bits per heavy atom. The van der Waals surface area contributed by atoms with Crippen LogP contribution in [0.4, 0.5) is 0 Å². The van der Waals surface area contributed by atoms with Crippen molar-refractivity contribution in [3.8, 4) is 11.5 Å². The monoisotopic (exact) mass is 419 g/mol. The normalized spacial score (nSPS) is 11.0. The highest BCUT2D eigenvalue weighted by atomic mass is 79.9. The molecular formula is C18H18BrN3O2S. The summed E-state index contributed by atoms with van der Waals surface area (Å²) in [6.07, 6.45) is 0. The van der Waals surface area contributed by atoms with Gasteiger partial charge in [-0.15, -0.1) is 10.2 Å². The fourth-order valence-corrected chi connectivity index (χ4v) is 3.66. The van der Waals surface area contributed by atoms with Crippen LogP contribution in [0.25, 0.3) is 11.5 Å². The lowest BCUT2D eigenvalue weighted by Gasteiger charge is -2.05.